The molecular formula is C20H17N5O. The van der Waals surface area contributed by atoms with Gasteiger partial charge in [0.25, 0.3) is 5.91 Å². The molecule has 4 rings (SSSR count). The summed E-state index contributed by atoms with van der Waals surface area (Å²) in [5.41, 5.74) is 8.20. The summed E-state index contributed by atoms with van der Waals surface area (Å²) in [5, 5.41) is 0. The van der Waals surface area contributed by atoms with Crippen LogP contribution in [0.5, 0.6) is 0 Å². The number of nitrogens with two attached hydrogens (primary N) is 1. The highest BCUT2D eigenvalue weighted by Gasteiger charge is 2.49. The minimum absolute atomic E-state index is 0.190. The highest BCUT2D eigenvalue weighted by Crippen LogP contribution is 2.40. The molecule has 128 valence electrons. The number of aromatic nitrogens is 2. The molecule has 3 aromatic rings. The number of amides is 1. The summed E-state index contributed by atoms with van der Waals surface area (Å²) >= 11 is 0. The average molecular weight is 343 g/mol. The van der Waals surface area contributed by atoms with E-state index < -0.39 is 5.54 Å². The molecule has 6 heteroatoms. The minimum atomic E-state index is -1.21. The molecule has 0 spiro atoms. The third-order valence-electron chi connectivity index (χ3n) is 4.61. The Morgan fingerprint density at radius 1 is 0.923 bits per heavy atom. The fourth-order valence-electron chi connectivity index (χ4n) is 3.23. The Balaban J connectivity index is 1.94. The van der Waals surface area contributed by atoms with E-state index >= 15 is 0 Å². The third kappa shape index (κ3) is 2.35. The van der Waals surface area contributed by atoms with Gasteiger partial charge in [-0.25, -0.2) is 4.99 Å². The lowest BCUT2D eigenvalue weighted by Crippen LogP contribution is -2.41. The highest BCUT2D eigenvalue weighted by molar-refractivity contribution is 6.09. The summed E-state index contributed by atoms with van der Waals surface area (Å²) in [4.78, 5) is 27.4. The Hall–Kier alpha value is -3.54. The zero-order valence-electron chi connectivity index (χ0n) is 14.2. The summed E-state index contributed by atoms with van der Waals surface area (Å²) in [6.07, 6.45) is 6.82. The Morgan fingerprint density at radius 3 is 2.35 bits per heavy atom. The van der Waals surface area contributed by atoms with Gasteiger partial charge in [0.2, 0.25) is 0 Å². The van der Waals surface area contributed by atoms with Crippen LogP contribution in [0.4, 0.5) is 0 Å². The van der Waals surface area contributed by atoms with Gasteiger partial charge in [0.15, 0.2) is 11.5 Å². The molecule has 26 heavy (non-hydrogen) atoms. The first-order valence-corrected chi connectivity index (χ1v) is 8.18. The summed E-state index contributed by atoms with van der Waals surface area (Å²) in [6, 6.07) is 15.2. The van der Waals surface area contributed by atoms with Crippen LogP contribution in [0.1, 0.15) is 11.1 Å². The number of hydrogen-bond donors (Lipinski definition) is 1. The second kappa shape index (κ2) is 6.07. The van der Waals surface area contributed by atoms with Crippen molar-refractivity contribution in [2.45, 2.75) is 5.54 Å². The SMILES string of the molecule is CN1C(=O)[C@@](c2ccncc2)(c2cccc(-c3cccnc3)c2)N=C1N. The molecule has 1 amide bonds. The van der Waals surface area contributed by atoms with Gasteiger partial charge in [0.05, 0.1) is 0 Å². The maximum Gasteiger partial charge on any atom is 0.266 e. The van der Waals surface area contributed by atoms with Gasteiger partial charge in [-0.1, -0.05) is 24.3 Å². The van der Waals surface area contributed by atoms with Crippen molar-refractivity contribution in [2.24, 2.45) is 10.7 Å². The van der Waals surface area contributed by atoms with E-state index in [1.807, 2.05) is 36.4 Å². The molecule has 0 saturated heterocycles. The van der Waals surface area contributed by atoms with E-state index in [1.54, 1.807) is 44.0 Å². The molecule has 1 aliphatic rings. The van der Waals surface area contributed by atoms with E-state index in [4.69, 9.17) is 5.73 Å². The van der Waals surface area contributed by atoms with E-state index in [9.17, 15) is 4.79 Å². The van der Waals surface area contributed by atoms with Gasteiger partial charge < -0.3 is 5.73 Å². The van der Waals surface area contributed by atoms with Crippen LogP contribution in [0.15, 0.2) is 78.3 Å². The molecule has 0 bridgehead atoms. The van der Waals surface area contributed by atoms with Crippen LogP contribution in [-0.4, -0.2) is 33.8 Å². The Bertz CT molecular complexity index is 987. The van der Waals surface area contributed by atoms with Crippen molar-refractivity contribution in [1.29, 1.82) is 0 Å². The van der Waals surface area contributed by atoms with Crippen molar-refractivity contribution in [1.82, 2.24) is 14.9 Å². The van der Waals surface area contributed by atoms with Crippen LogP contribution in [-0.2, 0) is 10.3 Å². The van der Waals surface area contributed by atoms with Gasteiger partial charge in [-0.3, -0.25) is 19.7 Å². The predicted octanol–water partition coefficient (Wildman–Crippen LogP) is 2.17. The van der Waals surface area contributed by atoms with Gasteiger partial charge in [-0.15, -0.1) is 0 Å². The van der Waals surface area contributed by atoms with Crippen LogP contribution in [0.2, 0.25) is 0 Å². The van der Waals surface area contributed by atoms with Crippen molar-refractivity contribution in [3.8, 4) is 11.1 Å². The number of pyridine rings is 2. The molecule has 6 nitrogen and oxygen atoms in total. The van der Waals surface area contributed by atoms with Gasteiger partial charge >= 0.3 is 0 Å². The number of nitrogens with zero attached hydrogens (tertiary/aromatic N) is 4. The second-order valence-corrected chi connectivity index (χ2v) is 6.10. The van der Waals surface area contributed by atoms with Crippen molar-refractivity contribution in [3.63, 3.8) is 0 Å². The molecule has 0 radical (unpaired) electrons. The fraction of sp³-hybridized carbons (Fsp3) is 0.100. The lowest BCUT2D eigenvalue weighted by Gasteiger charge is -2.26. The Kier molecular flexibility index (Phi) is 3.73. The summed E-state index contributed by atoms with van der Waals surface area (Å²) in [7, 11) is 1.63. The molecular weight excluding hydrogens is 326 g/mol. The second-order valence-electron chi connectivity index (χ2n) is 6.10. The van der Waals surface area contributed by atoms with Crippen molar-refractivity contribution >= 4 is 11.9 Å². The van der Waals surface area contributed by atoms with Gasteiger partial charge in [0, 0.05) is 31.8 Å². The van der Waals surface area contributed by atoms with Gasteiger partial charge in [0.1, 0.15) is 0 Å². The first-order valence-electron chi connectivity index (χ1n) is 8.18. The number of carbonyl (C=O) groups is 1. The number of likely N-dealkylation sites (N-methyl/N-ethyl adjacent to an activating group) is 1. The summed E-state index contributed by atoms with van der Waals surface area (Å²) in [6.45, 7) is 0. The van der Waals surface area contributed by atoms with E-state index in [0.29, 0.717) is 0 Å². The molecule has 2 aromatic heterocycles. The molecule has 0 saturated carbocycles. The molecule has 1 atom stereocenters. The zero-order chi connectivity index (χ0) is 18.1. The van der Waals surface area contributed by atoms with E-state index in [0.717, 1.165) is 22.3 Å². The largest absolute Gasteiger partial charge is 0.369 e. The molecule has 3 heterocycles. The van der Waals surface area contributed by atoms with Crippen LogP contribution in [0.3, 0.4) is 0 Å². The molecule has 1 aromatic carbocycles. The molecule has 0 aliphatic carbocycles. The van der Waals surface area contributed by atoms with Crippen LogP contribution < -0.4 is 5.73 Å². The zero-order valence-corrected chi connectivity index (χ0v) is 14.2. The van der Waals surface area contributed by atoms with Crippen LogP contribution in [0.25, 0.3) is 11.1 Å². The maximum atomic E-state index is 13.2. The monoisotopic (exact) mass is 343 g/mol. The quantitative estimate of drug-likeness (QED) is 0.790. The van der Waals surface area contributed by atoms with Crippen LogP contribution in [0, 0.1) is 0 Å². The number of guanidine groups is 1. The lowest BCUT2D eigenvalue weighted by atomic mass is 9.82. The standard InChI is InChI=1S/C20H17N5O/c1-25-18(26)20(24-19(25)21,16-7-10-22-11-8-16)17-6-2-4-14(12-17)15-5-3-9-23-13-15/h2-13H,1H3,(H2,21,24)/t20-/m1/s1. The number of aliphatic imine (C=N–C) groups is 1. The third-order valence-corrected chi connectivity index (χ3v) is 4.61. The van der Waals surface area contributed by atoms with E-state index in [1.165, 1.54) is 4.90 Å². The average Bonchev–Trinajstić information content (AvgIpc) is 2.94. The summed E-state index contributed by atoms with van der Waals surface area (Å²) in [5.74, 6) is 0.00290. The smallest absolute Gasteiger partial charge is 0.266 e. The lowest BCUT2D eigenvalue weighted by molar-refractivity contribution is -0.129. The van der Waals surface area contributed by atoms with Gasteiger partial charge in [-0.2, -0.15) is 0 Å². The van der Waals surface area contributed by atoms with Crippen molar-refractivity contribution < 1.29 is 4.79 Å². The number of hydrogen-bond acceptors (Lipinski definition) is 5. The predicted molar refractivity (Wildman–Crippen MR) is 99.1 cm³/mol. The molecule has 0 unspecified atom stereocenters. The highest BCUT2D eigenvalue weighted by atomic mass is 16.2. The Labute approximate surface area is 151 Å². The van der Waals surface area contributed by atoms with Gasteiger partial charge in [-0.05, 0) is 46.5 Å². The van der Waals surface area contributed by atoms with Crippen LogP contribution >= 0.6 is 0 Å². The Morgan fingerprint density at radius 2 is 1.69 bits per heavy atom. The molecule has 0 fully saturated rings. The first kappa shape index (κ1) is 16.0. The maximum absolute atomic E-state index is 13.2. The first-order chi connectivity index (χ1) is 12.6. The van der Waals surface area contributed by atoms with Crippen molar-refractivity contribution in [2.75, 3.05) is 7.05 Å². The van der Waals surface area contributed by atoms with Crippen molar-refractivity contribution in [3.05, 3.63) is 84.4 Å². The van der Waals surface area contributed by atoms with E-state index in [2.05, 4.69) is 15.0 Å². The normalized spacial score (nSPS) is 19.5. The fourth-order valence-corrected chi connectivity index (χ4v) is 3.23. The summed E-state index contributed by atoms with van der Waals surface area (Å²) < 4.78 is 0. The molecule has 2 N–H and O–H groups in total. The number of benzene rings is 1. The van der Waals surface area contributed by atoms with E-state index in [-0.39, 0.29) is 11.9 Å². The number of carbonyl (C=O) groups excluding carboxylic acids is 1. The minimum Gasteiger partial charge on any atom is -0.369 e. The number of rotatable bonds is 3. The molecule has 1 aliphatic heterocycles. The topological polar surface area (TPSA) is 84.5 Å².